The molecule has 146 valence electrons. The molecule has 0 bridgehead atoms. The Hall–Kier alpha value is -2.53. The third-order valence-electron chi connectivity index (χ3n) is 4.64. The van der Waals surface area contributed by atoms with Gasteiger partial charge in [-0.2, -0.15) is 0 Å². The van der Waals surface area contributed by atoms with Crippen LogP contribution < -0.4 is 10.1 Å². The number of para-hydroxylation sites is 2. The number of carbonyl (C=O) groups excluding carboxylic acids is 1. The molecule has 0 aliphatic heterocycles. The number of hydrogen-bond acceptors (Lipinski definition) is 4. The highest BCUT2D eigenvalue weighted by Crippen LogP contribution is 2.30. The molecule has 0 spiro atoms. The second-order valence-corrected chi connectivity index (χ2v) is 8.14. The molecule has 1 heterocycles. The molecule has 28 heavy (non-hydrogen) atoms. The van der Waals surface area contributed by atoms with Crippen LogP contribution in [0.1, 0.15) is 37.3 Å². The van der Waals surface area contributed by atoms with E-state index in [-0.39, 0.29) is 5.91 Å². The number of carbonyl (C=O) groups is 1. The van der Waals surface area contributed by atoms with Crippen molar-refractivity contribution in [3.05, 3.63) is 59.7 Å². The number of ether oxygens (including phenoxy) is 1. The molecule has 3 aromatic rings. The molecule has 1 aromatic heterocycles. The number of hydrogen-bond donors (Lipinski definition) is 1. The quantitative estimate of drug-likeness (QED) is 0.515. The summed E-state index contributed by atoms with van der Waals surface area (Å²) in [6.45, 7) is 6.33. The van der Waals surface area contributed by atoms with Crippen molar-refractivity contribution in [2.24, 2.45) is 0 Å². The average molecular weight is 395 g/mol. The normalized spacial score (nSPS) is 11.0. The van der Waals surface area contributed by atoms with Gasteiger partial charge in [-0.05, 0) is 42.2 Å². The van der Waals surface area contributed by atoms with Crippen molar-refractivity contribution in [3.8, 4) is 5.75 Å². The number of nitrogens with zero attached hydrogens (tertiary/aromatic N) is 1. The van der Waals surface area contributed by atoms with Gasteiger partial charge < -0.3 is 10.1 Å². The number of anilines is 1. The molecule has 0 radical (unpaired) electrons. The minimum atomic E-state index is 0.0238. The topological polar surface area (TPSA) is 51.2 Å². The summed E-state index contributed by atoms with van der Waals surface area (Å²) in [6.07, 6.45) is 0.432. The van der Waals surface area contributed by atoms with Gasteiger partial charge in [0, 0.05) is 23.2 Å². The van der Waals surface area contributed by atoms with E-state index in [0.717, 1.165) is 38.5 Å². The van der Waals surface area contributed by atoms with E-state index in [1.165, 1.54) is 0 Å². The Kier molecular flexibility index (Phi) is 6.57. The van der Waals surface area contributed by atoms with Gasteiger partial charge in [-0.1, -0.05) is 44.2 Å². The molecule has 0 saturated heterocycles. The van der Waals surface area contributed by atoms with Gasteiger partial charge in [-0.25, -0.2) is 4.98 Å². The lowest BCUT2D eigenvalue weighted by Crippen LogP contribution is -2.14. The molecule has 0 atom stereocenters. The summed E-state index contributed by atoms with van der Waals surface area (Å²) in [5, 5.41) is 5.04. The van der Waals surface area contributed by atoms with E-state index in [0.29, 0.717) is 18.1 Å². The van der Waals surface area contributed by atoms with Crippen LogP contribution in [-0.2, 0) is 4.79 Å². The lowest BCUT2D eigenvalue weighted by Gasteiger charge is -2.13. The smallest absolute Gasteiger partial charge is 0.225 e. The fourth-order valence-electron chi connectivity index (χ4n) is 3.18. The molecule has 1 amide bonds. The number of thioether (sulfide) groups is 1. The maximum absolute atomic E-state index is 12.4. The van der Waals surface area contributed by atoms with Crippen LogP contribution in [0.25, 0.3) is 10.9 Å². The zero-order valence-electron chi connectivity index (χ0n) is 16.8. The molecule has 0 aliphatic carbocycles. The van der Waals surface area contributed by atoms with Crippen molar-refractivity contribution in [3.63, 3.8) is 0 Å². The van der Waals surface area contributed by atoms with Crippen LogP contribution in [0.4, 0.5) is 5.69 Å². The molecule has 1 N–H and O–H groups in total. The van der Waals surface area contributed by atoms with Gasteiger partial charge in [0.2, 0.25) is 5.91 Å². The first-order valence-corrected chi connectivity index (χ1v) is 10.4. The maximum Gasteiger partial charge on any atom is 0.225 e. The van der Waals surface area contributed by atoms with E-state index in [2.05, 4.69) is 38.2 Å². The van der Waals surface area contributed by atoms with Crippen molar-refractivity contribution in [2.75, 3.05) is 18.2 Å². The first kappa shape index (κ1) is 20.2. The molecular formula is C23H26N2O2S. The van der Waals surface area contributed by atoms with Crippen LogP contribution in [0, 0.1) is 6.92 Å². The first-order chi connectivity index (χ1) is 13.5. The highest BCUT2D eigenvalue weighted by atomic mass is 32.2. The molecule has 2 aromatic carbocycles. The number of fused-ring (bicyclic) bond motifs is 1. The number of amides is 1. The van der Waals surface area contributed by atoms with E-state index in [1.54, 1.807) is 18.9 Å². The SMILES string of the molecule is COc1cccc2c(C)cc(SCCC(=O)Nc3ccccc3C(C)C)nc12. The van der Waals surface area contributed by atoms with Gasteiger partial charge in [-0.3, -0.25) is 4.79 Å². The molecule has 3 rings (SSSR count). The van der Waals surface area contributed by atoms with Crippen molar-refractivity contribution >= 4 is 34.3 Å². The van der Waals surface area contributed by atoms with E-state index in [9.17, 15) is 4.79 Å². The minimum absolute atomic E-state index is 0.0238. The van der Waals surface area contributed by atoms with Crippen LogP contribution in [0.5, 0.6) is 5.75 Å². The summed E-state index contributed by atoms with van der Waals surface area (Å²) in [6, 6.07) is 16.0. The first-order valence-electron chi connectivity index (χ1n) is 9.45. The molecule has 0 saturated carbocycles. The molecule has 4 nitrogen and oxygen atoms in total. The Balaban J connectivity index is 1.64. The predicted molar refractivity (Wildman–Crippen MR) is 118 cm³/mol. The van der Waals surface area contributed by atoms with Crippen molar-refractivity contribution in [1.29, 1.82) is 0 Å². The standard InChI is InChI=1S/C23H26N2O2S/c1-15(2)17-8-5-6-10-19(17)24-21(26)12-13-28-22-14-16(3)18-9-7-11-20(27-4)23(18)25-22/h5-11,14-15H,12-13H2,1-4H3,(H,24,26). The molecule has 0 unspecified atom stereocenters. The third-order valence-corrected chi connectivity index (χ3v) is 5.55. The molecular weight excluding hydrogens is 368 g/mol. The Morgan fingerprint density at radius 2 is 1.96 bits per heavy atom. The number of rotatable bonds is 7. The van der Waals surface area contributed by atoms with Gasteiger partial charge in [0.1, 0.15) is 11.3 Å². The zero-order valence-corrected chi connectivity index (χ0v) is 17.6. The Labute approximate surface area is 170 Å². The largest absolute Gasteiger partial charge is 0.494 e. The highest BCUT2D eigenvalue weighted by Gasteiger charge is 2.11. The number of aromatic nitrogens is 1. The predicted octanol–water partition coefficient (Wildman–Crippen LogP) is 5.80. The fraction of sp³-hybridized carbons (Fsp3) is 0.304. The summed E-state index contributed by atoms with van der Waals surface area (Å²) in [7, 11) is 1.66. The maximum atomic E-state index is 12.4. The van der Waals surface area contributed by atoms with Crippen LogP contribution in [0.3, 0.4) is 0 Å². The van der Waals surface area contributed by atoms with Crippen LogP contribution in [-0.4, -0.2) is 23.8 Å². The Morgan fingerprint density at radius 1 is 1.18 bits per heavy atom. The summed E-state index contributed by atoms with van der Waals surface area (Å²) >= 11 is 1.59. The van der Waals surface area contributed by atoms with Gasteiger partial charge in [0.25, 0.3) is 0 Å². The summed E-state index contributed by atoms with van der Waals surface area (Å²) < 4.78 is 5.44. The summed E-state index contributed by atoms with van der Waals surface area (Å²) in [5.41, 5.74) is 4.07. The van der Waals surface area contributed by atoms with Gasteiger partial charge >= 0.3 is 0 Å². The molecule has 0 fully saturated rings. The van der Waals surface area contributed by atoms with Crippen LogP contribution >= 0.6 is 11.8 Å². The second kappa shape index (κ2) is 9.11. The van der Waals surface area contributed by atoms with Crippen molar-refractivity contribution in [1.82, 2.24) is 4.98 Å². The molecule has 5 heteroatoms. The van der Waals surface area contributed by atoms with Crippen molar-refractivity contribution in [2.45, 2.75) is 38.1 Å². The Morgan fingerprint density at radius 3 is 2.71 bits per heavy atom. The summed E-state index contributed by atoms with van der Waals surface area (Å²) in [5.74, 6) is 1.83. The lowest BCUT2D eigenvalue weighted by molar-refractivity contribution is -0.115. The molecule has 0 aliphatic rings. The number of benzene rings is 2. The number of methoxy groups -OCH3 is 1. The fourth-order valence-corrected chi connectivity index (χ4v) is 4.09. The minimum Gasteiger partial charge on any atom is -0.494 e. The Bertz CT molecular complexity index is 985. The number of nitrogens with one attached hydrogen (secondary N) is 1. The van der Waals surface area contributed by atoms with E-state index in [1.807, 2.05) is 36.4 Å². The number of pyridine rings is 1. The third kappa shape index (κ3) is 4.65. The van der Waals surface area contributed by atoms with E-state index in [4.69, 9.17) is 9.72 Å². The van der Waals surface area contributed by atoms with Gasteiger partial charge in [0.05, 0.1) is 12.1 Å². The highest BCUT2D eigenvalue weighted by molar-refractivity contribution is 7.99. The van der Waals surface area contributed by atoms with E-state index >= 15 is 0 Å². The van der Waals surface area contributed by atoms with Crippen LogP contribution in [0.2, 0.25) is 0 Å². The van der Waals surface area contributed by atoms with Crippen molar-refractivity contribution < 1.29 is 9.53 Å². The summed E-state index contributed by atoms with van der Waals surface area (Å²) in [4.78, 5) is 17.1. The van der Waals surface area contributed by atoms with Gasteiger partial charge in [-0.15, -0.1) is 11.8 Å². The zero-order chi connectivity index (χ0) is 20.1. The lowest BCUT2D eigenvalue weighted by atomic mass is 10.0. The monoisotopic (exact) mass is 394 g/mol. The van der Waals surface area contributed by atoms with Gasteiger partial charge in [0.15, 0.2) is 0 Å². The average Bonchev–Trinajstić information content (AvgIpc) is 2.68. The number of aryl methyl sites for hydroxylation is 1. The second-order valence-electron chi connectivity index (χ2n) is 7.02. The van der Waals surface area contributed by atoms with Crippen LogP contribution in [0.15, 0.2) is 53.6 Å². The van der Waals surface area contributed by atoms with E-state index < -0.39 is 0 Å².